The van der Waals surface area contributed by atoms with E-state index in [0.717, 1.165) is 0 Å². The Morgan fingerprint density at radius 1 is 1.48 bits per heavy atom. The SMILES string of the molecule is CC1(C)CC(NS(=O)(=O)c2ccc(CO)cc2Br)CCO1. The highest BCUT2D eigenvalue weighted by Crippen LogP contribution is 2.27. The summed E-state index contributed by atoms with van der Waals surface area (Å²) in [7, 11) is -3.60. The number of rotatable bonds is 4. The minimum absolute atomic E-state index is 0.124. The van der Waals surface area contributed by atoms with Crippen molar-refractivity contribution in [1.29, 1.82) is 0 Å². The molecular weight excluding hydrogens is 358 g/mol. The van der Waals surface area contributed by atoms with E-state index in [4.69, 9.17) is 9.84 Å². The molecule has 1 heterocycles. The molecule has 0 amide bonds. The van der Waals surface area contributed by atoms with Crippen LogP contribution in [0.2, 0.25) is 0 Å². The van der Waals surface area contributed by atoms with Gasteiger partial charge in [0.1, 0.15) is 0 Å². The highest BCUT2D eigenvalue weighted by atomic mass is 79.9. The second-order valence-corrected chi connectivity index (χ2v) is 8.38. The molecule has 1 aliphatic rings. The third-order valence-electron chi connectivity index (χ3n) is 3.49. The molecule has 1 aliphatic heterocycles. The second-order valence-electron chi connectivity index (χ2n) is 5.84. The van der Waals surface area contributed by atoms with Crippen LogP contribution >= 0.6 is 15.9 Å². The summed E-state index contributed by atoms with van der Waals surface area (Å²) in [6.07, 6.45) is 1.30. The number of aliphatic hydroxyl groups is 1. The molecule has 2 rings (SSSR count). The number of benzene rings is 1. The molecule has 0 saturated carbocycles. The standard InChI is InChI=1S/C14H20BrNO4S/c1-14(2)8-11(5-6-20-14)16-21(18,19)13-4-3-10(9-17)7-12(13)15/h3-4,7,11,16-17H,5-6,8-9H2,1-2H3. The van der Waals surface area contributed by atoms with Crippen molar-refractivity contribution >= 4 is 26.0 Å². The average Bonchev–Trinajstić information content (AvgIpc) is 2.36. The molecule has 0 aromatic heterocycles. The number of halogens is 1. The highest BCUT2D eigenvalue weighted by molar-refractivity contribution is 9.10. The van der Waals surface area contributed by atoms with E-state index >= 15 is 0 Å². The van der Waals surface area contributed by atoms with Crippen LogP contribution < -0.4 is 4.72 Å². The van der Waals surface area contributed by atoms with Gasteiger partial charge >= 0.3 is 0 Å². The molecule has 0 aliphatic carbocycles. The van der Waals surface area contributed by atoms with E-state index in [1.165, 1.54) is 6.07 Å². The van der Waals surface area contributed by atoms with Crippen LogP contribution in [0.25, 0.3) is 0 Å². The van der Waals surface area contributed by atoms with E-state index in [0.29, 0.717) is 29.5 Å². The quantitative estimate of drug-likeness (QED) is 0.842. The molecule has 21 heavy (non-hydrogen) atoms. The Morgan fingerprint density at radius 3 is 2.76 bits per heavy atom. The van der Waals surface area contributed by atoms with Crippen LogP contribution in [0.3, 0.4) is 0 Å². The first-order chi connectivity index (χ1) is 9.73. The minimum Gasteiger partial charge on any atom is -0.392 e. The van der Waals surface area contributed by atoms with Gasteiger partial charge in [0.15, 0.2) is 0 Å². The third kappa shape index (κ3) is 4.26. The molecule has 0 spiro atoms. The fraction of sp³-hybridized carbons (Fsp3) is 0.571. The van der Waals surface area contributed by atoms with Crippen molar-refractivity contribution in [2.75, 3.05) is 6.61 Å². The molecule has 1 aromatic rings. The first-order valence-electron chi connectivity index (χ1n) is 6.79. The van der Waals surface area contributed by atoms with E-state index in [9.17, 15) is 8.42 Å². The monoisotopic (exact) mass is 377 g/mol. The van der Waals surface area contributed by atoms with Gasteiger partial charge < -0.3 is 9.84 Å². The number of aliphatic hydroxyl groups excluding tert-OH is 1. The lowest BCUT2D eigenvalue weighted by molar-refractivity contribution is -0.0599. The second kappa shape index (κ2) is 6.34. The van der Waals surface area contributed by atoms with Crippen LogP contribution in [0.4, 0.5) is 0 Å². The summed E-state index contributed by atoms with van der Waals surface area (Å²) in [5.41, 5.74) is 0.344. The predicted molar refractivity (Wildman–Crippen MR) is 83.4 cm³/mol. The van der Waals surface area contributed by atoms with Crippen LogP contribution in [0.15, 0.2) is 27.6 Å². The number of hydrogen-bond acceptors (Lipinski definition) is 4. The highest BCUT2D eigenvalue weighted by Gasteiger charge is 2.32. The van der Waals surface area contributed by atoms with E-state index in [-0.39, 0.29) is 23.1 Å². The Balaban J connectivity index is 2.19. The van der Waals surface area contributed by atoms with Gasteiger partial charge in [-0.2, -0.15) is 0 Å². The van der Waals surface area contributed by atoms with Gasteiger partial charge in [-0.05, 0) is 60.3 Å². The van der Waals surface area contributed by atoms with Gasteiger partial charge in [0.2, 0.25) is 10.0 Å². The van der Waals surface area contributed by atoms with Gasteiger partial charge in [0.25, 0.3) is 0 Å². The predicted octanol–water partition coefficient (Wildman–Crippen LogP) is 2.18. The Hall–Kier alpha value is -0.470. The molecule has 7 heteroatoms. The lowest BCUT2D eigenvalue weighted by Gasteiger charge is -2.35. The molecule has 1 fully saturated rings. The average molecular weight is 378 g/mol. The number of nitrogens with one attached hydrogen (secondary N) is 1. The van der Waals surface area contributed by atoms with Crippen molar-refractivity contribution in [3.8, 4) is 0 Å². The van der Waals surface area contributed by atoms with E-state index < -0.39 is 10.0 Å². The van der Waals surface area contributed by atoms with Crippen LogP contribution in [0.5, 0.6) is 0 Å². The maximum absolute atomic E-state index is 12.5. The van der Waals surface area contributed by atoms with Crippen LogP contribution in [-0.4, -0.2) is 31.8 Å². The zero-order valence-corrected chi connectivity index (χ0v) is 14.5. The Labute approximate surface area is 133 Å². The third-order valence-corrected chi connectivity index (χ3v) is 5.98. The van der Waals surface area contributed by atoms with Crippen molar-refractivity contribution < 1.29 is 18.3 Å². The topological polar surface area (TPSA) is 75.6 Å². The molecule has 118 valence electrons. The first-order valence-corrected chi connectivity index (χ1v) is 9.07. The largest absolute Gasteiger partial charge is 0.392 e. The Kier molecular flexibility index (Phi) is 5.10. The molecule has 1 aromatic carbocycles. The van der Waals surface area contributed by atoms with Crippen molar-refractivity contribution in [1.82, 2.24) is 4.72 Å². The zero-order chi connectivity index (χ0) is 15.7. The summed E-state index contributed by atoms with van der Waals surface area (Å²) >= 11 is 3.26. The van der Waals surface area contributed by atoms with E-state index in [1.807, 2.05) is 13.8 Å². The molecule has 1 atom stereocenters. The Bertz CT molecular complexity index is 615. The zero-order valence-electron chi connectivity index (χ0n) is 12.1. The van der Waals surface area contributed by atoms with Crippen molar-refractivity contribution in [2.24, 2.45) is 0 Å². The molecule has 1 saturated heterocycles. The molecule has 0 bridgehead atoms. The summed E-state index contributed by atoms with van der Waals surface area (Å²) < 4.78 is 33.8. The van der Waals surface area contributed by atoms with Crippen molar-refractivity contribution in [2.45, 2.75) is 49.8 Å². The maximum atomic E-state index is 12.5. The van der Waals surface area contributed by atoms with Gasteiger partial charge in [0, 0.05) is 17.1 Å². The van der Waals surface area contributed by atoms with Gasteiger partial charge in [0.05, 0.1) is 17.1 Å². The van der Waals surface area contributed by atoms with Crippen LogP contribution in [0, 0.1) is 0 Å². The summed E-state index contributed by atoms with van der Waals surface area (Å²) in [5.74, 6) is 0. The smallest absolute Gasteiger partial charge is 0.241 e. The fourth-order valence-corrected chi connectivity index (χ4v) is 4.87. The van der Waals surface area contributed by atoms with Gasteiger partial charge in [-0.1, -0.05) is 6.07 Å². The lowest BCUT2D eigenvalue weighted by Crippen LogP contribution is -2.45. The summed E-state index contributed by atoms with van der Waals surface area (Å²) in [6, 6.07) is 4.58. The molecular formula is C14H20BrNO4S. The molecule has 1 unspecified atom stereocenters. The lowest BCUT2D eigenvalue weighted by atomic mass is 9.95. The van der Waals surface area contributed by atoms with Crippen molar-refractivity contribution in [3.63, 3.8) is 0 Å². The number of sulfonamides is 1. The van der Waals surface area contributed by atoms with Crippen molar-refractivity contribution in [3.05, 3.63) is 28.2 Å². The fourth-order valence-electron chi connectivity index (χ4n) is 2.48. The summed E-state index contributed by atoms with van der Waals surface area (Å²) in [4.78, 5) is 0.184. The van der Waals surface area contributed by atoms with E-state index in [2.05, 4.69) is 20.7 Å². The number of hydrogen-bond donors (Lipinski definition) is 2. The first kappa shape index (κ1) is 16.9. The van der Waals surface area contributed by atoms with Gasteiger partial charge in [-0.25, -0.2) is 13.1 Å². The summed E-state index contributed by atoms with van der Waals surface area (Å²) in [6.45, 7) is 4.34. The summed E-state index contributed by atoms with van der Waals surface area (Å²) in [5, 5.41) is 9.07. The molecule has 0 radical (unpaired) electrons. The van der Waals surface area contributed by atoms with Crippen LogP contribution in [-0.2, 0) is 21.4 Å². The van der Waals surface area contributed by atoms with Crippen LogP contribution in [0.1, 0.15) is 32.3 Å². The Morgan fingerprint density at radius 2 is 2.19 bits per heavy atom. The normalized spacial score (nSPS) is 22.2. The molecule has 5 nitrogen and oxygen atoms in total. The number of ether oxygens (including phenoxy) is 1. The molecule has 2 N–H and O–H groups in total. The minimum atomic E-state index is -3.60. The maximum Gasteiger partial charge on any atom is 0.241 e. The van der Waals surface area contributed by atoms with Gasteiger partial charge in [-0.15, -0.1) is 0 Å². The van der Waals surface area contributed by atoms with Gasteiger partial charge in [-0.3, -0.25) is 0 Å². The van der Waals surface area contributed by atoms with E-state index in [1.54, 1.807) is 12.1 Å².